The van der Waals surface area contributed by atoms with Crippen molar-refractivity contribution in [2.75, 3.05) is 27.3 Å². The van der Waals surface area contributed by atoms with Gasteiger partial charge in [-0.15, -0.1) is 0 Å². The molecular formula is C50H44N4O8. The number of benzene rings is 6. The summed E-state index contributed by atoms with van der Waals surface area (Å²) in [4.78, 5) is 54.0. The third-order valence-electron chi connectivity index (χ3n) is 9.75. The molecule has 0 aromatic heterocycles. The second kappa shape index (κ2) is 20.2. The van der Waals surface area contributed by atoms with Crippen LogP contribution in [0.2, 0.25) is 0 Å². The summed E-state index contributed by atoms with van der Waals surface area (Å²) in [5.41, 5.74) is 3.84. The maximum Gasteiger partial charge on any atom is 0.267 e. The van der Waals surface area contributed by atoms with Gasteiger partial charge >= 0.3 is 0 Å². The van der Waals surface area contributed by atoms with Crippen molar-refractivity contribution in [1.29, 1.82) is 0 Å². The van der Waals surface area contributed by atoms with Crippen LogP contribution in [0.25, 0.3) is 12.2 Å². The van der Waals surface area contributed by atoms with E-state index in [-0.39, 0.29) is 24.5 Å². The summed E-state index contributed by atoms with van der Waals surface area (Å²) in [6, 6.07) is 42.3. The maximum atomic E-state index is 13.7. The second-order valence-electron chi connectivity index (χ2n) is 14.1. The number of carbonyl (C=O) groups is 4. The van der Waals surface area contributed by atoms with Gasteiger partial charge in [0.2, 0.25) is 0 Å². The van der Waals surface area contributed by atoms with Crippen LogP contribution in [0.5, 0.6) is 34.5 Å². The quantitative estimate of drug-likeness (QED) is 0.132. The predicted molar refractivity (Wildman–Crippen MR) is 236 cm³/mol. The molecule has 6 aromatic carbocycles. The van der Waals surface area contributed by atoms with Crippen molar-refractivity contribution >= 4 is 35.8 Å². The Kier molecular flexibility index (Phi) is 13.7. The lowest BCUT2D eigenvalue weighted by Gasteiger charge is -2.15. The van der Waals surface area contributed by atoms with Crippen molar-refractivity contribution in [3.05, 3.63) is 190 Å². The molecule has 62 heavy (non-hydrogen) atoms. The van der Waals surface area contributed by atoms with E-state index in [1.54, 1.807) is 128 Å². The zero-order chi connectivity index (χ0) is 43.3. The fraction of sp³-hybridized carbons (Fsp3) is 0.120. The lowest BCUT2D eigenvalue weighted by molar-refractivity contribution is -0.118. The topological polar surface area (TPSA) is 153 Å². The fourth-order valence-corrected chi connectivity index (χ4v) is 6.48. The highest BCUT2D eigenvalue weighted by atomic mass is 16.5. The number of hydrogen-bond donors (Lipinski definition) is 4. The summed E-state index contributed by atoms with van der Waals surface area (Å²) >= 11 is 0. The van der Waals surface area contributed by atoms with Crippen molar-refractivity contribution in [2.45, 2.75) is 12.8 Å². The Hall–Kier alpha value is -8.12. The molecule has 0 unspecified atom stereocenters. The van der Waals surface area contributed by atoms with E-state index in [0.29, 0.717) is 69.6 Å². The van der Waals surface area contributed by atoms with Gasteiger partial charge < -0.3 is 40.2 Å². The molecule has 12 heteroatoms. The molecule has 4 amide bonds. The Morgan fingerprint density at radius 1 is 0.516 bits per heavy atom. The average molecular weight is 829 g/mol. The Balaban J connectivity index is 1.22. The van der Waals surface area contributed by atoms with E-state index in [2.05, 4.69) is 21.3 Å². The standard InChI is InChI=1S/C50H44N4O8/c1-59-43-23-17-35-26-28-52-49(57)41(53-47(55)37-9-5-3-6-10-37)29-34-15-21-40(22-16-34)62-46-32-36(18-24-44(46)60-2)30-42(54-48(56)38-11-7-4-8-12-38)50(58)51-27-25-33-13-19-39(20-14-33)61-45(43)31-35/h3-24,29-32H,25-28H2,1-2H3,(H,51,58)(H,52,57)(H,53,55)(H,54,56)/b41-29+,42-30+. The van der Waals surface area contributed by atoms with Gasteiger partial charge in [0.05, 0.1) is 14.2 Å². The largest absolute Gasteiger partial charge is 0.493 e. The van der Waals surface area contributed by atoms with Gasteiger partial charge in [0.1, 0.15) is 22.9 Å². The van der Waals surface area contributed by atoms with Crippen LogP contribution in [0.1, 0.15) is 43.0 Å². The first-order valence-corrected chi connectivity index (χ1v) is 19.9. The molecule has 0 atom stereocenters. The summed E-state index contributed by atoms with van der Waals surface area (Å²) in [7, 11) is 3.08. The summed E-state index contributed by atoms with van der Waals surface area (Å²) in [5.74, 6) is 0.966. The van der Waals surface area contributed by atoms with E-state index in [9.17, 15) is 19.2 Å². The monoisotopic (exact) mass is 828 g/mol. The molecule has 0 fully saturated rings. The van der Waals surface area contributed by atoms with Gasteiger partial charge in [-0.25, -0.2) is 0 Å². The van der Waals surface area contributed by atoms with Gasteiger partial charge in [-0.05, 0) is 120 Å². The zero-order valence-corrected chi connectivity index (χ0v) is 34.1. The summed E-state index contributed by atoms with van der Waals surface area (Å²) in [5, 5.41) is 11.4. The van der Waals surface area contributed by atoms with Crippen molar-refractivity contribution in [3.8, 4) is 34.5 Å². The van der Waals surface area contributed by atoms with E-state index in [4.69, 9.17) is 18.9 Å². The molecule has 4 heterocycles. The van der Waals surface area contributed by atoms with Gasteiger partial charge in [-0.2, -0.15) is 0 Å². The van der Waals surface area contributed by atoms with Crippen LogP contribution < -0.4 is 40.2 Å². The molecule has 4 aliphatic heterocycles. The molecule has 0 spiro atoms. The number of amides is 4. The Labute approximate surface area is 359 Å². The predicted octanol–water partition coefficient (Wildman–Crippen LogP) is 7.86. The van der Waals surface area contributed by atoms with Gasteiger partial charge in [-0.1, -0.05) is 72.8 Å². The summed E-state index contributed by atoms with van der Waals surface area (Å²) < 4.78 is 23.7. The molecule has 4 N–H and O–H groups in total. The smallest absolute Gasteiger partial charge is 0.267 e. The number of carbonyl (C=O) groups excluding carboxylic acids is 4. The first-order valence-electron chi connectivity index (χ1n) is 19.9. The van der Waals surface area contributed by atoms with Crippen molar-refractivity contribution < 1.29 is 38.1 Å². The molecular weight excluding hydrogens is 785 g/mol. The van der Waals surface area contributed by atoms with Crippen LogP contribution in [0.4, 0.5) is 0 Å². The Morgan fingerprint density at radius 2 is 0.952 bits per heavy atom. The number of hydrogen-bond acceptors (Lipinski definition) is 8. The SMILES string of the molecule is COc1ccc2cc1Oc1ccc(cc1)/C=C(/NC(=O)c1ccccc1)C(=O)NCCc1ccc(OC)c(c1)Oc1ccc(cc1)CCNC(=O)/C(NC(=O)c1ccccc1)=C\2. The minimum Gasteiger partial charge on any atom is -0.493 e. The van der Waals surface area contributed by atoms with Crippen molar-refractivity contribution in [2.24, 2.45) is 0 Å². The third kappa shape index (κ3) is 11.1. The van der Waals surface area contributed by atoms with Crippen LogP contribution in [-0.4, -0.2) is 50.9 Å². The fourth-order valence-electron chi connectivity index (χ4n) is 6.48. The molecule has 0 aliphatic carbocycles. The van der Waals surface area contributed by atoms with E-state index in [1.807, 2.05) is 36.4 Å². The van der Waals surface area contributed by atoms with Gasteiger partial charge in [0.15, 0.2) is 23.0 Å². The first-order chi connectivity index (χ1) is 30.2. The van der Waals surface area contributed by atoms with Crippen LogP contribution in [0.3, 0.4) is 0 Å². The maximum absolute atomic E-state index is 13.7. The lowest BCUT2D eigenvalue weighted by atomic mass is 10.1. The minimum absolute atomic E-state index is 0.0263. The highest BCUT2D eigenvalue weighted by Gasteiger charge is 2.18. The third-order valence-corrected chi connectivity index (χ3v) is 9.75. The zero-order valence-electron chi connectivity index (χ0n) is 34.1. The van der Waals surface area contributed by atoms with Gasteiger partial charge in [-0.3, -0.25) is 19.2 Å². The molecule has 312 valence electrons. The van der Waals surface area contributed by atoms with E-state index < -0.39 is 23.6 Å². The van der Waals surface area contributed by atoms with Crippen LogP contribution in [0.15, 0.2) is 157 Å². The molecule has 0 radical (unpaired) electrons. The normalized spacial score (nSPS) is 15.0. The van der Waals surface area contributed by atoms with E-state index in [0.717, 1.165) is 11.1 Å². The van der Waals surface area contributed by atoms with Gasteiger partial charge in [0, 0.05) is 24.2 Å². The van der Waals surface area contributed by atoms with Crippen LogP contribution in [0, 0.1) is 0 Å². The highest BCUT2D eigenvalue weighted by Crippen LogP contribution is 2.34. The molecule has 4 aliphatic rings. The first kappa shape index (κ1) is 42.0. The number of nitrogens with one attached hydrogen (secondary N) is 4. The molecule has 10 rings (SSSR count). The average Bonchev–Trinajstić information content (AvgIpc) is 3.30. The van der Waals surface area contributed by atoms with E-state index in [1.165, 1.54) is 7.11 Å². The van der Waals surface area contributed by atoms with Crippen molar-refractivity contribution in [1.82, 2.24) is 21.3 Å². The summed E-state index contributed by atoms with van der Waals surface area (Å²) in [6.45, 7) is 0.547. The van der Waals surface area contributed by atoms with Crippen molar-refractivity contribution in [3.63, 3.8) is 0 Å². The van der Waals surface area contributed by atoms with Crippen LogP contribution >= 0.6 is 0 Å². The molecule has 0 saturated carbocycles. The molecule has 6 aromatic rings. The lowest BCUT2D eigenvalue weighted by Crippen LogP contribution is -2.35. The highest BCUT2D eigenvalue weighted by molar-refractivity contribution is 6.06. The minimum atomic E-state index is -0.482. The number of rotatable bonds is 6. The van der Waals surface area contributed by atoms with Gasteiger partial charge in [0.25, 0.3) is 23.6 Å². The molecule has 0 saturated heterocycles. The van der Waals surface area contributed by atoms with E-state index >= 15 is 0 Å². The Morgan fingerprint density at radius 3 is 1.48 bits per heavy atom. The Bertz CT molecular complexity index is 2610. The van der Waals surface area contributed by atoms with Crippen LogP contribution in [-0.2, 0) is 22.4 Å². The number of methoxy groups -OCH3 is 2. The molecule has 8 bridgehead atoms. The molecule has 12 nitrogen and oxygen atoms in total. The summed E-state index contributed by atoms with van der Waals surface area (Å²) in [6.07, 6.45) is 4.11. The second-order valence-corrected chi connectivity index (χ2v) is 14.1. The number of ether oxygens (including phenoxy) is 4.